The minimum absolute atomic E-state index is 0.383. The quantitative estimate of drug-likeness (QED) is 0.528. The largest absolute Gasteiger partial charge is 0.374 e. The molecular formula is C10H18O. The molecule has 1 fully saturated rings. The van der Waals surface area contributed by atoms with Crippen LogP contribution in [0.15, 0.2) is 11.6 Å². The summed E-state index contributed by atoms with van der Waals surface area (Å²) >= 11 is 0. The van der Waals surface area contributed by atoms with Gasteiger partial charge in [-0.1, -0.05) is 18.6 Å². The maximum atomic E-state index is 5.62. The average molecular weight is 154 g/mol. The first-order chi connectivity index (χ1) is 5.20. The number of ether oxygens (including phenoxy) is 1. The second kappa shape index (κ2) is 3.91. The molecule has 2 atom stereocenters. The molecule has 1 saturated heterocycles. The van der Waals surface area contributed by atoms with Gasteiger partial charge < -0.3 is 4.74 Å². The highest BCUT2D eigenvalue weighted by atomic mass is 16.5. The fourth-order valence-corrected chi connectivity index (χ4v) is 1.49. The van der Waals surface area contributed by atoms with Crippen LogP contribution in [0.2, 0.25) is 0 Å². The van der Waals surface area contributed by atoms with Crippen molar-refractivity contribution >= 4 is 0 Å². The van der Waals surface area contributed by atoms with Gasteiger partial charge in [0.1, 0.15) is 0 Å². The zero-order valence-electron chi connectivity index (χ0n) is 7.76. The van der Waals surface area contributed by atoms with Crippen LogP contribution >= 0.6 is 0 Å². The van der Waals surface area contributed by atoms with E-state index in [1.807, 2.05) is 0 Å². The van der Waals surface area contributed by atoms with E-state index in [0.717, 1.165) is 6.61 Å². The molecule has 0 N–H and O–H groups in total. The van der Waals surface area contributed by atoms with E-state index in [-0.39, 0.29) is 0 Å². The average Bonchev–Trinajstić information content (AvgIpc) is 1.93. The Hall–Kier alpha value is -0.300. The maximum Gasteiger partial charge on any atom is 0.0783 e. The Balaban J connectivity index is 2.48. The molecule has 1 heteroatoms. The summed E-state index contributed by atoms with van der Waals surface area (Å²) in [4.78, 5) is 0. The summed E-state index contributed by atoms with van der Waals surface area (Å²) < 4.78 is 5.62. The molecule has 64 valence electrons. The summed E-state index contributed by atoms with van der Waals surface area (Å²) in [7, 11) is 0. The van der Waals surface area contributed by atoms with Crippen molar-refractivity contribution in [1.29, 1.82) is 0 Å². The minimum atomic E-state index is 0.383. The van der Waals surface area contributed by atoms with E-state index in [9.17, 15) is 0 Å². The van der Waals surface area contributed by atoms with Gasteiger partial charge in [0, 0.05) is 6.61 Å². The lowest BCUT2D eigenvalue weighted by Crippen LogP contribution is -2.25. The van der Waals surface area contributed by atoms with Crippen molar-refractivity contribution in [2.24, 2.45) is 5.92 Å². The molecular weight excluding hydrogens is 136 g/mol. The fraction of sp³-hybridized carbons (Fsp3) is 0.800. The highest BCUT2D eigenvalue weighted by Gasteiger charge is 2.19. The van der Waals surface area contributed by atoms with Crippen molar-refractivity contribution in [3.05, 3.63) is 11.6 Å². The van der Waals surface area contributed by atoms with Gasteiger partial charge in [-0.25, -0.2) is 0 Å². The van der Waals surface area contributed by atoms with E-state index in [2.05, 4.69) is 26.8 Å². The van der Waals surface area contributed by atoms with Gasteiger partial charge in [0.15, 0.2) is 0 Å². The summed E-state index contributed by atoms with van der Waals surface area (Å²) in [5, 5.41) is 0. The van der Waals surface area contributed by atoms with Crippen molar-refractivity contribution in [3.63, 3.8) is 0 Å². The third-order valence-electron chi connectivity index (χ3n) is 2.17. The zero-order chi connectivity index (χ0) is 8.27. The summed E-state index contributed by atoms with van der Waals surface area (Å²) in [5.41, 5.74) is 1.36. The van der Waals surface area contributed by atoms with Crippen LogP contribution in [0.3, 0.4) is 0 Å². The first kappa shape index (κ1) is 8.79. The number of allylic oxidation sites excluding steroid dienone is 1. The van der Waals surface area contributed by atoms with Crippen LogP contribution in [-0.4, -0.2) is 12.7 Å². The first-order valence-corrected chi connectivity index (χ1v) is 4.47. The predicted octanol–water partition coefficient (Wildman–Crippen LogP) is 2.77. The van der Waals surface area contributed by atoms with Crippen LogP contribution in [-0.2, 0) is 4.74 Å². The normalized spacial score (nSPS) is 31.5. The lowest BCUT2D eigenvalue weighted by atomic mass is 9.95. The van der Waals surface area contributed by atoms with Crippen molar-refractivity contribution in [1.82, 2.24) is 0 Å². The van der Waals surface area contributed by atoms with E-state index < -0.39 is 0 Å². The SMILES string of the molecule is CC(C)=CC1OCCCC1C. The van der Waals surface area contributed by atoms with Gasteiger partial charge >= 0.3 is 0 Å². The molecule has 1 heterocycles. The van der Waals surface area contributed by atoms with Crippen LogP contribution < -0.4 is 0 Å². The molecule has 0 aliphatic carbocycles. The second-order valence-electron chi connectivity index (χ2n) is 3.70. The topological polar surface area (TPSA) is 9.23 Å². The zero-order valence-corrected chi connectivity index (χ0v) is 7.76. The van der Waals surface area contributed by atoms with E-state index in [1.165, 1.54) is 18.4 Å². The van der Waals surface area contributed by atoms with Gasteiger partial charge in [-0.3, -0.25) is 0 Å². The first-order valence-electron chi connectivity index (χ1n) is 4.47. The minimum Gasteiger partial charge on any atom is -0.374 e. The Morgan fingerprint density at radius 2 is 2.18 bits per heavy atom. The molecule has 1 nitrogen and oxygen atoms in total. The lowest BCUT2D eigenvalue weighted by Gasteiger charge is -2.26. The van der Waals surface area contributed by atoms with E-state index in [1.54, 1.807) is 0 Å². The molecule has 0 spiro atoms. The van der Waals surface area contributed by atoms with Gasteiger partial charge in [-0.2, -0.15) is 0 Å². The fourth-order valence-electron chi connectivity index (χ4n) is 1.49. The van der Waals surface area contributed by atoms with Crippen LogP contribution in [0, 0.1) is 5.92 Å². The third kappa shape index (κ3) is 2.66. The molecule has 0 bridgehead atoms. The lowest BCUT2D eigenvalue weighted by molar-refractivity contribution is 0.00981. The Morgan fingerprint density at radius 3 is 2.73 bits per heavy atom. The van der Waals surface area contributed by atoms with E-state index in [4.69, 9.17) is 4.74 Å². The summed E-state index contributed by atoms with van der Waals surface area (Å²) in [6, 6.07) is 0. The van der Waals surface area contributed by atoms with Crippen LogP contribution in [0.25, 0.3) is 0 Å². The van der Waals surface area contributed by atoms with Gasteiger partial charge in [0.2, 0.25) is 0 Å². The maximum absolute atomic E-state index is 5.62. The Kier molecular flexibility index (Phi) is 3.13. The highest BCUT2D eigenvalue weighted by Crippen LogP contribution is 2.21. The molecule has 1 aliphatic heterocycles. The molecule has 11 heavy (non-hydrogen) atoms. The van der Waals surface area contributed by atoms with Crippen LogP contribution in [0.5, 0.6) is 0 Å². The van der Waals surface area contributed by atoms with Gasteiger partial charge in [0.05, 0.1) is 6.10 Å². The Labute approximate surface area is 69.4 Å². The third-order valence-corrected chi connectivity index (χ3v) is 2.17. The van der Waals surface area contributed by atoms with E-state index in [0.29, 0.717) is 12.0 Å². The monoisotopic (exact) mass is 154 g/mol. The summed E-state index contributed by atoms with van der Waals surface area (Å²) in [5.74, 6) is 0.707. The molecule has 1 rings (SSSR count). The Morgan fingerprint density at radius 1 is 1.45 bits per heavy atom. The van der Waals surface area contributed by atoms with Gasteiger partial charge in [0.25, 0.3) is 0 Å². The van der Waals surface area contributed by atoms with Crippen molar-refractivity contribution < 1.29 is 4.74 Å². The van der Waals surface area contributed by atoms with Crippen molar-refractivity contribution in [2.75, 3.05) is 6.61 Å². The van der Waals surface area contributed by atoms with Crippen LogP contribution in [0.1, 0.15) is 33.6 Å². The molecule has 0 aromatic rings. The standard InChI is InChI=1S/C10H18O/c1-8(2)7-10-9(3)5-4-6-11-10/h7,9-10H,4-6H2,1-3H3. The molecule has 2 unspecified atom stereocenters. The molecule has 0 radical (unpaired) electrons. The predicted molar refractivity (Wildman–Crippen MR) is 47.6 cm³/mol. The van der Waals surface area contributed by atoms with Crippen molar-refractivity contribution in [2.45, 2.75) is 39.7 Å². The molecule has 0 aromatic heterocycles. The second-order valence-corrected chi connectivity index (χ2v) is 3.70. The number of hydrogen-bond donors (Lipinski definition) is 0. The van der Waals surface area contributed by atoms with Gasteiger partial charge in [-0.05, 0) is 32.6 Å². The molecule has 0 aromatic carbocycles. The number of rotatable bonds is 1. The summed E-state index contributed by atoms with van der Waals surface area (Å²) in [6.07, 6.45) is 5.17. The van der Waals surface area contributed by atoms with Crippen molar-refractivity contribution in [3.8, 4) is 0 Å². The number of hydrogen-bond acceptors (Lipinski definition) is 1. The Bertz CT molecular complexity index is 145. The van der Waals surface area contributed by atoms with E-state index >= 15 is 0 Å². The summed E-state index contributed by atoms with van der Waals surface area (Å²) in [6.45, 7) is 7.47. The molecule has 0 amide bonds. The molecule has 1 aliphatic rings. The molecule has 0 saturated carbocycles. The van der Waals surface area contributed by atoms with Crippen LogP contribution in [0.4, 0.5) is 0 Å². The smallest absolute Gasteiger partial charge is 0.0783 e. The van der Waals surface area contributed by atoms with Gasteiger partial charge in [-0.15, -0.1) is 0 Å². The highest BCUT2D eigenvalue weighted by molar-refractivity contribution is 5.00.